The number of carbonyl (C=O) groups excluding carboxylic acids is 3. The van der Waals surface area contributed by atoms with Crippen molar-refractivity contribution in [1.29, 1.82) is 0 Å². The van der Waals surface area contributed by atoms with Crippen LogP contribution < -0.4 is 16.4 Å². The number of nitrogens with zero attached hydrogens (tertiary/aromatic N) is 2. The summed E-state index contributed by atoms with van der Waals surface area (Å²) in [5.74, 6) is 0.351. The molecule has 39 heavy (non-hydrogen) atoms. The molecule has 1 aliphatic carbocycles. The van der Waals surface area contributed by atoms with Gasteiger partial charge in [-0.3, -0.25) is 19.7 Å². The molecule has 1 saturated carbocycles. The summed E-state index contributed by atoms with van der Waals surface area (Å²) in [5.41, 5.74) is 6.91. The van der Waals surface area contributed by atoms with E-state index in [0.717, 1.165) is 48.4 Å². The monoisotopic (exact) mass is 537 g/mol. The molecule has 4 N–H and O–H groups in total. The molecule has 0 spiro atoms. The Labute approximate surface area is 231 Å². The van der Waals surface area contributed by atoms with Crippen LogP contribution in [0.5, 0.6) is 0 Å². The largest absolute Gasteiger partial charge is 0.465 e. The number of ether oxygens (including phenoxy) is 1. The Kier molecular flexibility index (Phi) is 10.5. The van der Waals surface area contributed by atoms with Crippen molar-refractivity contribution >= 4 is 34.4 Å². The van der Waals surface area contributed by atoms with E-state index in [-0.39, 0.29) is 24.3 Å². The first-order valence-corrected chi connectivity index (χ1v) is 14.6. The molecule has 2 atom stereocenters. The summed E-state index contributed by atoms with van der Waals surface area (Å²) in [5, 5.41) is 8.08. The fourth-order valence-corrected chi connectivity index (χ4v) is 5.79. The molecule has 0 radical (unpaired) electrons. The first-order chi connectivity index (χ1) is 19.0. The molecule has 2 aromatic rings. The van der Waals surface area contributed by atoms with Crippen LogP contribution in [-0.2, 0) is 25.7 Å². The lowest BCUT2D eigenvalue weighted by Gasteiger charge is -2.31. The van der Waals surface area contributed by atoms with E-state index >= 15 is 0 Å². The van der Waals surface area contributed by atoms with Crippen LogP contribution in [0.3, 0.4) is 0 Å². The van der Waals surface area contributed by atoms with Crippen molar-refractivity contribution in [2.24, 2.45) is 5.92 Å². The number of rotatable bonds is 12. The Morgan fingerprint density at radius 3 is 2.74 bits per heavy atom. The molecular weight excluding hydrogens is 494 g/mol. The highest BCUT2D eigenvalue weighted by molar-refractivity contribution is 5.92. The topological polar surface area (TPSA) is 127 Å². The number of esters is 1. The molecule has 1 aliphatic heterocycles. The number of pyridine rings is 1. The molecule has 9 nitrogen and oxygen atoms in total. The van der Waals surface area contributed by atoms with E-state index < -0.39 is 12.1 Å². The second-order valence-electron chi connectivity index (χ2n) is 10.9. The maximum absolute atomic E-state index is 13.8. The minimum absolute atomic E-state index is 0.000454. The van der Waals surface area contributed by atoms with Gasteiger partial charge in [0.1, 0.15) is 11.9 Å². The summed E-state index contributed by atoms with van der Waals surface area (Å²) in [7, 11) is 0. The zero-order chi connectivity index (χ0) is 27.6. The lowest BCUT2D eigenvalue weighted by Crippen LogP contribution is -2.53. The summed E-state index contributed by atoms with van der Waals surface area (Å²) in [4.78, 5) is 45.1. The fourth-order valence-electron chi connectivity index (χ4n) is 5.79. The van der Waals surface area contributed by atoms with Crippen molar-refractivity contribution in [3.63, 3.8) is 0 Å². The number of amides is 2. The SMILES string of the molecule is CCCCOC(=O)CN[C@H](CC1CCCCC1)C(=O)N1CCC[C@H]1C(=O)NCc1ccc2c(N)nccc2c1. The Morgan fingerprint density at radius 1 is 1.13 bits per heavy atom. The molecule has 1 aromatic heterocycles. The van der Waals surface area contributed by atoms with Crippen LogP contribution in [0.1, 0.15) is 76.7 Å². The van der Waals surface area contributed by atoms with Gasteiger partial charge in [0.25, 0.3) is 0 Å². The Hall–Kier alpha value is -3.20. The number of hydrogen-bond acceptors (Lipinski definition) is 7. The number of aromatic nitrogens is 1. The van der Waals surface area contributed by atoms with Gasteiger partial charge < -0.3 is 20.7 Å². The lowest BCUT2D eigenvalue weighted by molar-refractivity contribution is -0.144. The third kappa shape index (κ3) is 7.91. The molecule has 0 bridgehead atoms. The van der Waals surface area contributed by atoms with E-state index in [9.17, 15) is 14.4 Å². The number of benzene rings is 1. The molecule has 1 saturated heterocycles. The first kappa shape index (κ1) is 28.8. The zero-order valence-electron chi connectivity index (χ0n) is 23.1. The average molecular weight is 538 g/mol. The maximum atomic E-state index is 13.8. The number of nitrogens with one attached hydrogen (secondary N) is 2. The summed E-state index contributed by atoms with van der Waals surface area (Å²) in [6.45, 7) is 3.35. The average Bonchev–Trinajstić information content (AvgIpc) is 3.44. The molecule has 9 heteroatoms. The molecular formula is C30H43N5O4. The molecule has 1 aromatic carbocycles. The summed E-state index contributed by atoms with van der Waals surface area (Å²) < 4.78 is 5.29. The van der Waals surface area contributed by atoms with E-state index in [1.165, 1.54) is 19.3 Å². The van der Waals surface area contributed by atoms with Gasteiger partial charge in [-0.1, -0.05) is 57.6 Å². The first-order valence-electron chi connectivity index (χ1n) is 14.6. The van der Waals surface area contributed by atoms with Crippen LogP contribution in [0, 0.1) is 5.92 Å². The van der Waals surface area contributed by atoms with Gasteiger partial charge in [-0.15, -0.1) is 0 Å². The predicted molar refractivity (Wildman–Crippen MR) is 152 cm³/mol. The van der Waals surface area contributed by atoms with E-state index in [4.69, 9.17) is 10.5 Å². The van der Waals surface area contributed by atoms with E-state index in [2.05, 4.69) is 15.6 Å². The number of hydrogen-bond donors (Lipinski definition) is 3. The number of nitrogens with two attached hydrogens (primary N) is 1. The second kappa shape index (κ2) is 14.3. The van der Waals surface area contributed by atoms with Gasteiger partial charge in [-0.25, -0.2) is 4.98 Å². The van der Waals surface area contributed by atoms with Crippen molar-refractivity contribution in [2.45, 2.75) is 89.8 Å². The molecule has 2 heterocycles. The van der Waals surface area contributed by atoms with Crippen LogP contribution in [0.15, 0.2) is 30.5 Å². The molecule has 4 rings (SSSR count). The minimum atomic E-state index is -0.509. The van der Waals surface area contributed by atoms with Crippen molar-refractivity contribution in [3.05, 3.63) is 36.0 Å². The molecule has 212 valence electrons. The van der Waals surface area contributed by atoms with Crippen LogP contribution in [0.4, 0.5) is 5.82 Å². The number of likely N-dealkylation sites (tertiary alicyclic amines) is 1. The smallest absolute Gasteiger partial charge is 0.319 e. The number of unbranched alkanes of at least 4 members (excludes halogenated alkanes) is 1. The van der Waals surface area contributed by atoms with E-state index in [1.807, 2.05) is 31.2 Å². The number of anilines is 1. The van der Waals surface area contributed by atoms with E-state index in [1.54, 1.807) is 11.1 Å². The standard InChI is InChI=1S/C30H43N5O4/c1-2-3-16-39-27(36)20-33-25(18-21-8-5-4-6-9-21)30(38)35-15-7-10-26(35)29(37)34-19-22-11-12-24-23(17-22)13-14-32-28(24)31/h11-14,17,21,25-26,33H,2-10,15-16,18-20H2,1H3,(H2,31,32)(H,34,37)/t25-,26+/m1/s1. The quantitative estimate of drug-likeness (QED) is 0.278. The maximum Gasteiger partial charge on any atom is 0.319 e. The van der Waals surface area contributed by atoms with Crippen molar-refractivity contribution < 1.29 is 19.1 Å². The molecule has 0 unspecified atom stereocenters. The predicted octanol–water partition coefficient (Wildman–Crippen LogP) is 3.70. The fraction of sp³-hybridized carbons (Fsp3) is 0.600. The third-order valence-corrected chi connectivity index (χ3v) is 8.01. The number of nitrogen functional groups attached to an aromatic ring is 1. The molecule has 2 fully saturated rings. The Bertz CT molecular complexity index is 1130. The normalized spacial score (nSPS) is 18.7. The van der Waals surface area contributed by atoms with Gasteiger partial charge >= 0.3 is 5.97 Å². The Balaban J connectivity index is 1.37. The Morgan fingerprint density at radius 2 is 1.95 bits per heavy atom. The van der Waals surface area contributed by atoms with Gasteiger partial charge in [0, 0.05) is 24.7 Å². The van der Waals surface area contributed by atoms with Crippen LogP contribution in [0.25, 0.3) is 10.8 Å². The second-order valence-corrected chi connectivity index (χ2v) is 10.9. The summed E-state index contributed by atoms with van der Waals surface area (Å²) in [6, 6.07) is 6.73. The number of carbonyl (C=O) groups is 3. The molecule has 2 aliphatic rings. The van der Waals surface area contributed by atoms with Crippen molar-refractivity contribution in [3.8, 4) is 0 Å². The highest BCUT2D eigenvalue weighted by atomic mass is 16.5. The van der Waals surface area contributed by atoms with Gasteiger partial charge in [0.2, 0.25) is 11.8 Å². The van der Waals surface area contributed by atoms with Gasteiger partial charge in [0.05, 0.1) is 19.2 Å². The van der Waals surface area contributed by atoms with Gasteiger partial charge in [-0.05, 0) is 54.7 Å². The van der Waals surface area contributed by atoms with Gasteiger partial charge in [-0.2, -0.15) is 0 Å². The third-order valence-electron chi connectivity index (χ3n) is 8.01. The highest BCUT2D eigenvalue weighted by Crippen LogP contribution is 2.29. The summed E-state index contributed by atoms with van der Waals surface area (Å²) in [6.07, 6.45) is 11.3. The van der Waals surface area contributed by atoms with Crippen molar-refractivity contribution in [2.75, 3.05) is 25.4 Å². The van der Waals surface area contributed by atoms with Crippen LogP contribution >= 0.6 is 0 Å². The highest BCUT2D eigenvalue weighted by Gasteiger charge is 2.38. The van der Waals surface area contributed by atoms with Gasteiger partial charge in [0.15, 0.2) is 0 Å². The number of fused-ring (bicyclic) bond motifs is 1. The summed E-state index contributed by atoms with van der Waals surface area (Å²) >= 11 is 0. The minimum Gasteiger partial charge on any atom is -0.465 e. The molecule has 2 amide bonds. The van der Waals surface area contributed by atoms with Crippen molar-refractivity contribution in [1.82, 2.24) is 20.5 Å². The van der Waals surface area contributed by atoms with Crippen LogP contribution in [0.2, 0.25) is 0 Å². The van der Waals surface area contributed by atoms with E-state index in [0.29, 0.717) is 44.3 Å². The zero-order valence-corrected chi connectivity index (χ0v) is 23.1. The lowest BCUT2D eigenvalue weighted by atomic mass is 9.84. The van der Waals surface area contributed by atoms with Crippen LogP contribution in [-0.4, -0.2) is 59.4 Å².